The molecule has 0 radical (unpaired) electrons. The molecule has 11 heteroatoms. The number of benzene rings is 2. The van der Waals surface area contributed by atoms with Gasteiger partial charge >= 0.3 is 0 Å². The molecule has 0 amide bonds. The van der Waals surface area contributed by atoms with E-state index < -0.39 is 42.6 Å². The normalized spacial score (nSPS) is 28.8. The van der Waals surface area contributed by atoms with E-state index in [0.29, 0.717) is 11.3 Å². The van der Waals surface area contributed by atoms with Gasteiger partial charge in [0.25, 0.3) is 0 Å². The van der Waals surface area contributed by atoms with Gasteiger partial charge in [-0.25, -0.2) is 19.0 Å². The van der Waals surface area contributed by atoms with E-state index in [9.17, 15) is 5.11 Å². The fraction of sp³-hybridized carbons (Fsp3) is 0.375. The van der Waals surface area contributed by atoms with Crippen molar-refractivity contribution >= 4 is 21.6 Å². The van der Waals surface area contributed by atoms with E-state index >= 15 is 4.39 Å². The Labute approximate surface area is 204 Å². The van der Waals surface area contributed by atoms with Crippen LogP contribution in [0.2, 0.25) is 0 Å². The minimum Gasteiger partial charge on any atom is -0.388 e. The molecule has 1 unspecified atom stereocenters. The lowest BCUT2D eigenvalue weighted by Gasteiger charge is -2.46. The minimum absolute atomic E-state index is 0.198. The molecule has 4 heterocycles. The monoisotopic (exact) mass is 497 g/mol. The maximum Gasteiger partial charge on any atom is 0.184 e. The first-order valence-electron chi connectivity index (χ1n) is 11.3. The Balaban J connectivity index is 1.32. The molecule has 4 aromatic rings. The summed E-state index contributed by atoms with van der Waals surface area (Å²) in [6, 6.07) is 11.8. The molecule has 2 aromatic heterocycles. The quantitative estimate of drug-likeness (QED) is 0.444. The highest BCUT2D eigenvalue weighted by Crippen LogP contribution is 2.39. The van der Waals surface area contributed by atoms with Crippen LogP contribution >= 0.6 is 11.3 Å². The van der Waals surface area contributed by atoms with Crippen molar-refractivity contribution in [2.45, 2.75) is 50.6 Å². The Morgan fingerprint density at radius 1 is 1.14 bits per heavy atom. The molecule has 182 valence electrons. The average molecular weight is 498 g/mol. The molecule has 2 aliphatic rings. The fourth-order valence-corrected chi connectivity index (χ4v) is 5.52. The minimum atomic E-state index is -1.16. The number of nitrogens with zero attached hydrogens (tertiary/aromatic N) is 4. The summed E-state index contributed by atoms with van der Waals surface area (Å²) in [7, 11) is 0. The van der Waals surface area contributed by atoms with Crippen LogP contribution in [0.3, 0.4) is 0 Å². The molecular formula is C24H24FN5O4S. The highest BCUT2D eigenvalue weighted by Gasteiger charge is 2.49. The zero-order chi connectivity index (χ0) is 24.3. The highest BCUT2D eigenvalue weighted by atomic mass is 32.1. The van der Waals surface area contributed by atoms with Gasteiger partial charge in [-0.15, -0.1) is 11.3 Å². The van der Waals surface area contributed by atoms with Gasteiger partial charge in [0.2, 0.25) is 0 Å². The highest BCUT2D eigenvalue weighted by molar-refractivity contribution is 7.18. The van der Waals surface area contributed by atoms with Crippen LogP contribution in [0.1, 0.15) is 34.6 Å². The number of hydrogen-bond acceptors (Lipinski definition) is 9. The van der Waals surface area contributed by atoms with Crippen molar-refractivity contribution in [2.75, 3.05) is 6.61 Å². The Hall–Kier alpha value is -2.80. The first kappa shape index (κ1) is 22.7. The number of ether oxygens (including phenoxy) is 3. The average Bonchev–Trinajstić information content (AvgIpc) is 3.41. The van der Waals surface area contributed by atoms with Crippen LogP contribution in [-0.2, 0) is 14.2 Å². The number of aliphatic hydroxyl groups excluding tert-OH is 1. The molecule has 9 nitrogen and oxygen atoms in total. The van der Waals surface area contributed by atoms with E-state index in [4.69, 9.17) is 19.9 Å². The molecule has 0 bridgehead atoms. The number of aryl methyl sites for hydroxylation is 2. The molecule has 6 atom stereocenters. The fourth-order valence-electron chi connectivity index (χ4n) is 4.67. The predicted molar refractivity (Wildman–Crippen MR) is 126 cm³/mol. The van der Waals surface area contributed by atoms with Crippen molar-refractivity contribution < 1.29 is 23.7 Å². The number of aliphatic hydroxyl groups is 1. The summed E-state index contributed by atoms with van der Waals surface area (Å²) >= 11 is 1.46. The van der Waals surface area contributed by atoms with Crippen molar-refractivity contribution in [1.82, 2.24) is 19.7 Å². The molecule has 0 saturated carbocycles. The molecule has 2 aliphatic heterocycles. The van der Waals surface area contributed by atoms with Crippen LogP contribution < -0.4 is 5.73 Å². The van der Waals surface area contributed by atoms with E-state index in [1.165, 1.54) is 22.1 Å². The van der Waals surface area contributed by atoms with E-state index in [0.717, 1.165) is 15.3 Å². The van der Waals surface area contributed by atoms with Crippen LogP contribution in [0, 0.1) is 19.7 Å². The van der Waals surface area contributed by atoms with Crippen molar-refractivity contribution in [3.63, 3.8) is 0 Å². The van der Waals surface area contributed by atoms with Crippen LogP contribution in [-0.4, -0.2) is 55.8 Å². The van der Waals surface area contributed by atoms with Crippen LogP contribution in [0.15, 0.2) is 42.5 Å². The van der Waals surface area contributed by atoms with E-state index in [-0.39, 0.29) is 18.1 Å². The molecule has 2 saturated heterocycles. The third kappa shape index (κ3) is 3.94. The van der Waals surface area contributed by atoms with Crippen molar-refractivity contribution in [1.29, 1.82) is 0 Å². The number of rotatable bonds is 3. The van der Waals surface area contributed by atoms with Crippen molar-refractivity contribution in [3.05, 3.63) is 70.5 Å². The molecule has 3 N–H and O–H groups in total. The smallest absolute Gasteiger partial charge is 0.184 e. The summed E-state index contributed by atoms with van der Waals surface area (Å²) in [5.41, 5.74) is 8.09. The van der Waals surface area contributed by atoms with Gasteiger partial charge in [0.05, 0.1) is 27.9 Å². The van der Waals surface area contributed by atoms with E-state index in [2.05, 4.69) is 15.1 Å². The lowest BCUT2D eigenvalue weighted by Crippen LogP contribution is -2.62. The van der Waals surface area contributed by atoms with Gasteiger partial charge in [0.15, 0.2) is 17.9 Å². The second kappa shape index (κ2) is 8.70. The van der Waals surface area contributed by atoms with Gasteiger partial charge < -0.3 is 25.1 Å². The van der Waals surface area contributed by atoms with E-state index in [1.54, 1.807) is 13.0 Å². The lowest BCUT2D eigenvalue weighted by atomic mass is 9.92. The maximum atomic E-state index is 15.1. The second-order valence-corrected chi connectivity index (χ2v) is 10.0. The first-order chi connectivity index (χ1) is 16.9. The summed E-state index contributed by atoms with van der Waals surface area (Å²) in [5.74, 6) is 0.164. The number of halogens is 1. The number of hydrogen-bond donors (Lipinski definition) is 2. The summed E-state index contributed by atoms with van der Waals surface area (Å²) in [5, 5.41) is 16.4. The maximum absolute atomic E-state index is 15.1. The number of fused-ring (bicyclic) bond motifs is 2. The second-order valence-electron chi connectivity index (χ2n) is 8.77. The number of thiazole rings is 1. The van der Waals surface area contributed by atoms with Gasteiger partial charge in [-0.2, -0.15) is 5.10 Å². The zero-order valence-corrected chi connectivity index (χ0v) is 19.9. The topological polar surface area (TPSA) is 118 Å². The van der Waals surface area contributed by atoms with Gasteiger partial charge in [-0.3, -0.25) is 0 Å². The van der Waals surface area contributed by atoms with Crippen molar-refractivity contribution in [2.24, 2.45) is 5.73 Å². The first-order valence-corrected chi connectivity index (χ1v) is 12.1. The van der Waals surface area contributed by atoms with Gasteiger partial charge in [-0.1, -0.05) is 30.3 Å². The third-order valence-electron chi connectivity index (χ3n) is 6.32. The molecule has 6 rings (SSSR count). The van der Waals surface area contributed by atoms with E-state index in [1.807, 2.05) is 37.3 Å². The lowest BCUT2D eigenvalue weighted by molar-refractivity contribution is -0.309. The van der Waals surface area contributed by atoms with Gasteiger partial charge in [-0.05, 0) is 19.9 Å². The Morgan fingerprint density at radius 3 is 2.74 bits per heavy atom. The number of aromatic nitrogens is 4. The molecular weight excluding hydrogens is 473 g/mol. The molecule has 0 aliphatic carbocycles. The SMILES string of the molecule is Cc1nc([C@@H]2O[C@@H]3COC(c4ccccc4)O[C@@H]3[C@H](N)[C@H]2O)n(-c2cc3sc(C)nc3cc2F)n1. The van der Waals surface area contributed by atoms with Crippen molar-refractivity contribution in [3.8, 4) is 5.69 Å². The Bertz CT molecular complexity index is 1380. The Kier molecular flexibility index (Phi) is 5.63. The summed E-state index contributed by atoms with van der Waals surface area (Å²) < 4.78 is 35.5. The summed E-state index contributed by atoms with van der Waals surface area (Å²) in [6.45, 7) is 3.78. The van der Waals surface area contributed by atoms with Crippen LogP contribution in [0.5, 0.6) is 0 Å². The van der Waals surface area contributed by atoms with Gasteiger partial charge in [0, 0.05) is 11.6 Å². The number of nitrogens with two attached hydrogens (primary N) is 1. The molecule has 2 fully saturated rings. The molecule has 2 aromatic carbocycles. The predicted octanol–water partition coefficient (Wildman–Crippen LogP) is 2.88. The zero-order valence-electron chi connectivity index (χ0n) is 19.0. The van der Waals surface area contributed by atoms with Crippen LogP contribution in [0.4, 0.5) is 4.39 Å². The van der Waals surface area contributed by atoms with Crippen LogP contribution in [0.25, 0.3) is 15.9 Å². The molecule has 35 heavy (non-hydrogen) atoms. The standard InChI is InChI=1S/C24H24FN5O4S/c1-11-27-23(30(29-11)16-9-18-15(8-14(16)25)28-12(2)35-18)22-20(31)19(26)21-17(33-22)10-32-24(34-21)13-6-4-3-5-7-13/h3-9,17,19-22,24,31H,10,26H2,1-2H3/t17-,19-,20-,21+,22-,24?/m1/s1. The summed E-state index contributed by atoms with van der Waals surface area (Å²) in [6.07, 6.45) is -3.85. The third-order valence-corrected chi connectivity index (χ3v) is 7.25. The Morgan fingerprint density at radius 2 is 1.94 bits per heavy atom. The van der Waals surface area contributed by atoms with Gasteiger partial charge in [0.1, 0.15) is 35.9 Å². The largest absolute Gasteiger partial charge is 0.388 e. The summed E-state index contributed by atoms with van der Waals surface area (Å²) in [4.78, 5) is 8.82. The molecule has 0 spiro atoms.